The zero-order valence-electron chi connectivity index (χ0n) is 17.4. The minimum absolute atomic E-state index is 0.0155. The van der Waals surface area contributed by atoms with Crippen LogP contribution in [0.4, 0.5) is 22.4 Å². The first-order chi connectivity index (χ1) is 15.0. The van der Waals surface area contributed by atoms with E-state index >= 15 is 0 Å². The van der Waals surface area contributed by atoms with Gasteiger partial charge in [0.2, 0.25) is 0 Å². The molecule has 2 rings (SSSR count). The fraction of sp³-hybridized carbons (Fsp3) is 0.364. The van der Waals surface area contributed by atoms with Gasteiger partial charge in [0, 0.05) is 6.54 Å². The number of hydrogen-bond donors (Lipinski definition) is 2. The van der Waals surface area contributed by atoms with Gasteiger partial charge in [0.05, 0.1) is 24.2 Å². The molecule has 0 aliphatic carbocycles. The summed E-state index contributed by atoms with van der Waals surface area (Å²) < 4.78 is 62.2. The van der Waals surface area contributed by atoms with Crippen molar-refractivity contribution in [2.24, 2.45) is 0 Å². The van der Waals surface area contributed by atoms with Crippen molar-refractivity contribution in [1.29, 1.82) is 0 Å². The number of hydrogen-bond acceptors (Lipinski definition) is 4. The molecular weight excluding hydrogens is 434 g/mol. The van der Waals surface area contributed by atoms with Crippen LogP contribution in [-0.2, 0) is 33.6 Å². The highest BCUT2D eigenvalue weighted by molar-refractivity contribution is 5.68. The predicted octanol–water partition coefficient (Wildman–Crippen LogP) is 5.21. The molecule has 0 radical (unpaired) electrons. The van der Waals surface area contributed by atoms with Crippen molar-refractivity contribution in [1.82, 2.24) is 5.32 Å². The van der Waals surface area contributed by atoms with Crippen molar-refractivity contribution in [3.05, 3.63) is 70.5 Å². The van der Waals surface area contributed by atoms with E-state index in [1.807, 2.05) is 0 Å². The zero-order chi connectivity index (χ0) is 23.9. The van der Waals surface area contributed by atoms with Crippen LogP contribution in [0.5, 0.6) is 0 Å². The van der Waals surface area contributed by atoms with Crippen LogP contribution in [0, 0.1) is 5.82 Å². The molecule has 2 aromatic carbocycles. The minimum Gasteiger partial charge on any atom is -0.481 e. The Labute approximate surface area is 182 Å². The summed E-state index contributed by atoms with van der Waals surface area (Å²) in [5.41, 5.74) is -0.184. The van der Waals surface area contributed by atoms with Gasteiger partial charge in [-0.1, -0.05) is 30.3 Å². The van der Waals surface area contributed by atoms with E-state index in [4.69, 9.17) is 14.6 Å². The lowest BCUT2D eigenvalue weighted by atomic mass is 10.0. The maximum Gasteiger partial charge on any atom is 0.419 e. The number of halogens is 4. The van der Waals surface area contributed by atoms with Crippen LogP contribution >= 0.6 is 0 Å². The largest absolute Gasteiger partial charge is 0.481 e. The van der Waals surface area contributed by atoms with Gasteiger partial charge in [-0.15, -0.1) is 0 Å². The lowest BCUT2D eigenvalue weighted by Crippen LogP contribution is -2.24. The number of carbonyl (C=O) groups excluding carboxylic acids is 1. The topological polar surface area (TPSA) is 84.9 Å². The van der Waals surface area contributed by atoms with Crippen LogP contribution in [0.15, 0.2) is 42.5 Å². The molecule has 0 spiro atoms. The van der Waals surface area contributed by atoms with Crippen molar-refractivity contribution >= 4 is 12.1 Å². The first-order valence-electron chi connectivity index (χ1n) is 9.68. The van der Waals surface area contributed by atoms with Gasteiger partial charge < -0.3 is 19.9 Å². The van der Waals surface area contributed by atoms with Crippen molar-refractivity contribution < 1.29 is 41.7 Å². The van der Waals surface area contributed by atoms with E-state index in [0.717, 1.165) is 6.07 Å². The number of carbonyl (C=O) groups is 2. The van der Waals surface area contributed by atoms with E-state index in [-0.39, 0.29) is 24.6 Å². The van der Waals surface area contributed by atoms with Crippen LogP contribution in [0.1, 0.15) is 48.6 Å². The van der Waals surface area contributed by atoms with E-state index in [9.17, 15) is 27.2 Å². The second kappa shape index (κ2) is 10.9. The lowest BCUT2D eigenvalue weighted by Gasteiger charge is -2.20. The van der Waals surface area contributed by atoms with Gasteiger partial charge in [-0.2, -0.15) is 13.2 Å². The number of ether oxygens (including phenoxy) is 2. The van der Waals surface area contributed by atoms with E-state index in [2.05, 4.69) is 5.32 Å². The molecule has 0 fully saturated rings. The molecule has 10 heteroatoms. The highest BCUT2D eigenvalue weighted by Crippen LogP contribution is 2.32. The number of aliphatic carboxylic acids is 1. The number of alkyl halides is 3. The number of benzene rings is 2. The molecule has 32 heavy (non-hydrogen) atoms. The Morgan fingerprint density at radius 2 is 1.81 bits per heavy atom. The van der Waals surface area contributed by atoms with Crippen LogP contribution < -0.4 is 5.32 Å². The summed E-state index contributed by atoms with van der Waals surface area (Å²) in [6, 6.07) is 9.14. The average Bonchev–Trinajstić information content (AvgIpc) is 2.70. The van der Waals surface area contributed by atoms with Crippen LogP contribution in [-0.4, -0.2) is 23.3 Å². The smallest absolute Gasteiger partial charge is 0.419 e. The molecule has 0 saturated heterocycles. The molecule has 0 unspecified atom stereocenters. The maximum absolute atomic E-state index is 13.3. The number of carboxylic acids is 1. The molecule has 1 atom stereocenters. The second-order valence-electron chi connectivity index (χ2n) is 7.26. The van der Waals surface area contributed by atoms with E-state index < -0.39 is 42.3 Å². The van der Waals surface area contributed by atoms with Crippen LogP contribution in [0.25, 0.3) is 0 Å². The summed E-state index contributed by atoms with van der Waals surface area (Å²) >= 11 is 0. The molecule has 2 N–H and O–H groups in total. The SMILES string of the molecule is CC(C)O[C@@H](CC(=O)O)c1cccc(CNC(=O)OCc2ccc(F)c(C(F)(F)F)c2)c1. The predicted molar refractivity (Wildman–Crippen MR) is 106 cm³/mol. The molecule has 174 valence electrons. The molecule has 6 nitrogen and oxygen atoms in total. The Bertz CT molecular complexity index is 946. The van der Waals surface area contributed by atoms with Crippen molar-refractivity contribution in [3.8, 4) is 0 Å². The zero-order valence-corrected chi connectivity index (χ0v) is 17.4. The van der Waals surface area contributed by atoms with Gasteiger partial charge in [-0.25, -0.2) is 9.18 Å². The molecular formula is C22H23F4NO5. The maximum atomic E-state index is 13.3. The third-order valence-corrected chi connectivity index (χ3v) is 4.26. The number of nitrogens with one attached hydrogen (secondary N) is 1. The van der Waals surface area contributed by atoms with Gasteiger partial charge in [-0.3, -0.25) is 4.79 Å². The Hall–Kier alpha value is -3.14. The molecule has 0 aromatic heterocycles. The summed E-state index contributed by atoms with van der Waals surface area (Å²) in [6.07, 6.45) is -6.82. The number of carboxylic acid groups (broad SMARTS) is 1. The van der Waals surface area contributed by atoms with E-state index in [1.54, 1.807) is 38.1 Å². The van der Waals surface area contributed by atoms with Crippen molar-refractivity contribution in [2.45, 2.75) is 51.8 Å². The summed E-state index contributed by atoms with van der Waals surface area (Å²) in [6.45, 7) is 3.13. The molecule has 0 heterocycles. The standard InChI is InChI=1S/C22H23F4NO5/c1-13(2)32-19(10-20(28)29)16-5-3-4-14(8-16)11-27-21(30)31-12-15-6-7-18(23)17(9-15)22(24,25)26/h3-9,13,19H,10-12H2,1-2H3,(H,27,30)(H,28,29)/t19-/m0/s1. The molecule has 1 amide bonds. The van der Waals surface area contributed by atoms with Gasteiger partial charge in [0.25, 0.3) is 0 Å². The van der Waals surface area contributed by atoms with Gasteiger partial charge in [-0.05, 0) is 42.7 Å². The third-order valence-electron chi connectivity index (χ3n) is 4.26. The quantitative estimate of drug-likeness (QED) is 0.505. The van der Waals surface area contributed by atoms with E-state index in [0.29, 0.717) is 23.3 Å². The summed E-state index contributed by atoms with van der Waals surface area (Å²) in [5.74, 6) is -2.43. The monoisotopic (exact) mass is 457 g/mol. The number of alkyl carbamates (subject to hydrolysis) is 1. The van der Waals surface area contributed by atoms with Gasteiger partial charge in [0.15, 0.2) is 0 Å². The van der Waals surface area contributed by atoms with Crippen LogP contribution in [0.3, 0.4) is 0 Å². The fourth-order valence-electron chi connectivity index (χ4n) is 2.89. The highest BCUT2D eigenvalue weighted by Gasteiger charge is 2.34. The first kappa shape index (κ1) is 25.1. The molecule has 0 aliphatic rings. The molecule has 2 aromatic rings. The van der Waals surface area contributed by atoms with Crippen LogP contribution in [0.2, 0.25) is 0 Å². The third kappa shape index (κ3) is 7.84. The Morgan fingerprint density at radius 1 is 1.09 bits per heavy atom. The normalized spacial score (nSPS) is 12.5. The minimum atomic E-state index is -4.86. The number of rotatable bonds is 9. The van der Waals surface area contributed by atoms with Gasteiger partial charge >= 0.3 is 18.2 Å². The second-order valence-corrected chi connectivity index (χ2v) is 7.26. The van der Waals surface area contributed by atoms with Crippen molar-refractivity contribution in [3.63, 3.8) is 0 Å². The Kier molecular flexibility index (Phi) is 8.59. The Morgan fingerprint density at radius 3 is 2.44 bits per heavy atom. The molecule has 0 aliphatic heterocycles. The van der Waals surface area contributed by atoms with Crippen molar-refractivity contribution in [2.75, 3.05) is 0 Å². The summed E-state index contributed by atoms with van der Waals surface area (Å²) in [5, 5.41) is 11.6. The molecule has 0 bridgehead atoms. The first-order valence-corrected chi connectivity index (χ1v) is 9.68. The molecule has 0 saturated carbocycles. The fourth-order valence-corrected chi connectivity index (χ4v) is 2.89. The van der Waals surface area contributed by atoms with Gasteiger partial charge in [0.1, 0.15) is 12.4 Å². The summed E-state index contributed by atoms with van der Waals surface area (Å²) in [4.78, 5) is 23.0. The Balaban J connectivity index is 1.96. The highest BCUT2D eigenvalue weighted by atomic mass is 19.4. The number of amides is 1. The average molecular weight is 457 g/mol. The lowest BCUT2D eigenvalue weighted by molar-refractivity contribution is -0.141. The summed E-state index contributed by atoms with van der Waals surface area (Å²) in [7, 11) is 0. The van der Waals surface area contributed by atoms with E-state index in [1.165, 1.54) is 0 Å².